The highest BCUT2D eigenvalue weighted by molar-refractivity contribution is 5.41. The zero-order valence-corrected chi connectivity index (χ0v) is 21.4. The second-order valence-electron chi connectivity index (χ2n) is 14.3. The lowest BCUT2D eigenvalue weighted by atomic mass is 9.35. The number of aliphatic hydroxyl groups is 4. The molecule has 4 N–H and O–H groups in total. The van der Waals surface area contributed by atoms with Gasteiger partial charge in [0.25, 0.3) is 0 Å². The van der Waals surface area contributed by atoms with Gasteiger partial charge in [0, 0.05) is 5.41 Å². The summed E-state index contributed by atoms with van der Waals surface area (Å²) in [5.74, 6) is 0.209. The van der Waals surface area contributed by atoms with Gasteiger partial charge in [-0.15, -0.1) is 0 Å². The summed E-state index contributed by atoms with van der Waals surface area (Å²) in [5.41, 5.74) is 1.09. The third kappa shape index (κ3) is 2.96. The Morgan fingerprint density at radius 3 is 2.18 bits per heavy atom. The van der Waals surface area contributed by atoms with Gasteiger partial charge in [-0.25, -0.2) is 0 Å². The van der Waals surface area contributed by atoms with Crippen LogP contribution in [0.5, 0.6) is 0 Å². The van der Waals surface area contributed by atoms with Crippen molar-refractivity contribution in [3.63, 3.8) is 0 Å². The average Bonchev–Trinajstić information content (AvgIpc) is 3.05. The molecule has 0 aromatic carbocycles. The van der Waals surface area contributed by atoms with E-state index in [1.165, 1.54) is 37.7 Å². The molecule has 4 nitrogen and oxygen atoms in total. The van der Waals surface area contributed by atoms with Gasteiger partial charge in [-0.3, -0.25) is 0 Å². The predicted molar refractivity (Wildman–Crippen MR) is 130 cm³/mol. The summed E-state index contributed by atoms with van der Waals surface area (Å²) >= 11 is 0. The molecule has 33 heavy (non-hydrogen) atoms. The van der Waals surface area contributed by atoms with E-state index in [2.05, 4.69) is 52.8 Å². The average molecular weight is 459 g/mol. The summed E-state index contributed by atoms with van der Waals surface area (Å²) in [6.45, 7) is 11.4. The summed E-state index contributed by atoms with van der Waals surface area (Å²) in [6, 6.07) is 0. The molecule has 0 aliphatic heterocycles. The van der Waals surface area contributed by atoms with Crippen molar-refractivity contribution in [1.29, 1.82) is 0 Å². The molecular weight excluding hydrogens is 412 g/mol. The molecule has 5 aliphatic carbocycles. The Labute approximate surface area is 200 Å². The molecule has 0 bridgehead atoms. The van der Waals surface area contributed by atoms with Crippen LogP contribution in [0.15, 0.2) is 23.8 Å². The summed E-state index contributed by atoms with van der Waals surface area (Å²) in [4.78, 5) is 0. The van der Waals surface area contributed by atoms with Gasteiger partial charge in [0.15, 0.2) is 0 Å². The Balaban J connectivity index is 1.58. The minimum absolute atomic E-state index is 0.0270. The molecule has 1 spiro atoms. The van der Waals surface area contributed by atoms with Crippen LogP contribution in [0.1, 0.15) is 86.0 Å². The molecule has 5 rings (SSSR count). The van der Waals surface area contributed by atoms with Crippen molar-refractivity contribution >= 4 is 0 Å². The molecule has 186 valence electrons. The van der Waals surface area contributed by atoms with E-state index in [1.807, 2.05) is 0 Å². The second kappa shape index (κ2) is 7.18. The Morgan fingerprint density at radius 1 is 0.909 bits per heavy atom. The van der Waals surface area contributed by atoms with Gasteiger partial charge in [0.05, 0.1) is 25.4 Å². The maximum Gasteiger partial charge on any atom is 0.0902 e. The van der Waals surface area contributed by atoms with Crippen LogP contribution in [-0.2, 0) is 0 Å². The highest BCUT2D eigenvalue weighted by Crippen LogP contribution is 2.73. The summed E-state index contributed by atoms with van der Waals surface area (Å²) in [6.07, 6.45) is 14.2. The largest absolute Gasteiger partial charge is 0.396 e. The lowest BCUT2D eigenvalue weighted by Gasteiger charge is -2.69. The van der Waals surface area contributed by atoms with E-state index in [0.717, 1.165) is 12.8 Å². The fraction of sp³-hybridized carbons (Fsp3) is 0.862. The van der Waals surface area contributed by atoms with E-state index < -0.39 is 17.6 Å². The molecule has 3 fully saturated rings. The van der Waals surface area contributed by atoms with Crippen LogP contribution in [-0.4, -0.2) is 45.8 Å². The number of allylic oxidation sites excluding steroid dienone is 4. The van der Waals surface area contributed by atoms with Crippen molar-refractivity contribution < 1.29 is 20.4 Å². The zero-order chi connectivity index (χ0) is 24.1. The molecular formula is C29H46O4. The van der Waals surface area contributed by atoms with Crippen molar-refractivity contribution in [2.24, 2.45) is 44.3 Å². The molecule has 8 unspecified atom stereocenters. The lowest BCUT2D eigenvalue weighted by molar-refractivity contribution is -0.246. The Hall–Kier alpha value is -0.680. The van der Waals surface area contributed by atoms with Crippen molar-refractivity contribution in [2.45, 2.75) is 98.2 Å². The van der Waals surface area contributed by atoms with Crippen molar-refractivity contribution in [1.82, 2.24) is 0 Å². The van der Waals surface area contributed by atoms with Gasteiger partial charge in [0.1, 0.15) is 0 Å². The topological polar surface area (TPSA) is 80.9 Å². The van der Waals surface area contributed by atoms with Crippen molar-refractivity contribution in [3.05, 3.63) is 23.8 Å². The molecule has 3 saturated carbocycles. The van der Waals surface area contributed by atoms with Crippen LogP contribution in [0.2, 0.25) is 0 Å². The van der Waals surface area contributed by atoms with E-state index in [4.69, 9.17) is 0 Å². The molecule has 0 saturated heterocycles. The van der Waals surface area contributed by atoms with Crippen LogP contribution >= 0.6 is 0 Å². The molecule has 8 atom stereocenters. The van der Waals surface area contributed by atoms with Crippen molar-refractivity contribution in [3.8, 4) is 0 Å². The van der Waals surface area contributed by atoms with E-state index >= 15 is 0 Å². The highest BCUT2D eigenvalue weighted by atomic mass is 16.3. The third-order valence-electron chi connectivity index (χ3n) is 12.1. The number of hydrogen-bond acceptors (Lipinski definition) is 4. The maximum atomic E-state index is 10.9. The zero-order valence-electron chi connectivity index (χ0n) is 21.4. The summed E-state index contributed by atoms with van der Waals surface area (Å²) in [7, 11) is 0. The monoisotopic (exact) mass is 458 g/mol. The van der Waals surface area contributed by atoms with Gasteiger partial charge in [-0.1, -0.05) is 52.8 Å². The molecule has 0 aromatic rings. The summed E-state index contributed by atoms with van der Waals surface area (Å²) < 4.78 is 0. The first-order valence-corrected chi connectivity index (χ1v) is 13.3. The molecule has 4 heteroatoms. The first-order valence-electron chi connectivity index (χ1n) is 13.3. The molecule has 0 aromatic heterocycles. The van der Waals surface area contributed by atoms with Crippen LogP contribution in [0.3, 0.4) is 0 Å². The first-order chi connectivity index (χ1) is 15.3. The molecule has 0 radical (unpaired) electrons. The lowest BCUT2D eigenvalue weighted by Crippen LogP contribution is -2.68. The van der Waals surface area contributed by atoms with Crippen molar-refractivity contribution in [2.75, 3.05) is 13.2 Å². The molecule has 0 amide bonds. The standard InChI is InChI=1S/C29H46O4/c1-24(2)10-12-28(16-24)13-11-26(4)19(14-28)6-7-21-25(3)15-20(32)23(33)29(17-30,18-31)22(25)8-9-27(21,26)5/h6-7,14,20-23,30-33H,8-13,15-18H2,1-5H3. The number of fused-ring (bicyclic) bond motifs is 5. The predicted octanol–water partition coefficient (Wildman–Crippen LogP) is 4.61. The van der Waals surface area contributed by atoms with Gasteiger partial charge in [-0.05, 0) is 95.9 Å². The van der Waals surface area contributed by atoms with Gasteiger partial charge in [-0.2, -0.15) is 0 Å². The van der Waals surface area contributed by atoms with Crippen LogP contribution in [0.25, 0.3) is 0 Å². The van der Waals surface area contributed by atoms with E-state index in [-0.39, 0.29) is 41.3 Å². The third-order valence-corrected chi connectivity index (χ3v) is 12.1. The summed E-state index contributed by atoms with van der Waals surface area (Å²) in [5, 5.41) is 42.6. The fourth-order valence-electron chi connectivity index (χ4n) is 10.1. The Morgan fingerprint density at radius 2 is 1.58 bits per heavy atom. The maximum absolute atomic E-state index is 10.9. The van der Waals surface area contributed by atoms with E-state index in [1.54, 1.807) is 0 Å². The minimum atomic E-state index is -1.09. The highest BCUT2D eigenvalue weighted by Gasteiger charge is 2.68. The Kier molecular flexibility index (Phi) is 5.23. The SMILES string of the molecule is CC1(C)CCC2(C=C3C=CC4C5(C)CC(O)C(O)C(CO)(CO)C5CCC4(C)C3(C)CC2)C1. The van der Waals surface area contributed by atoms with Crippen LogP contribution in [0.4, 0.5) is 0 Å². The van der Waals surface area contributed by atoms with Crippen LogP contribution < -0.4 is 0 Å². The quantitative estimate of drug-likeness (QED) is 0.487. The minimum Gasteiger partial charge on any atom is -0.396 e. The molecule has 5 aliphatic rings. The van der Waals surface area contributed by atoms with E-state index in [9.17, 15) is 20.4 Å². The number of hydrogen-bond donors (Lipinski definition) is 4. The number of aliphatic hydroxyl groups excluding tert-OH is 4. The first kappa shape index (κ1) is 24.0. The Bertz CT molecular complexity index is 871. The number of rotatable bonds is 2. The van der Waals surface area contributed by atoms with Gasteiger partial charge >= 0.3 is 0 Å². The van der Waals surface area contributed by atoms with Gasteiger partial charge < -0.3 is 20.4 Å². The van der Waals surface area contributed by atoms with E-state index in [0.29, 0.717) is 17.3 Å². The molecule has 0 heterocycles. The fourth-order valence-corrected chi connectivity index (χ4v) is 10.1. The van der Waals surface area contributed by atoms with Crippen LogP contribution in [0, 0.1) is 44.3 Å². The normalized spacial score (nSPS) is 52.1. The second-order valence-corrected chi connectivity index (χ2v) is 14.3. The van der Waals surface area contributed by atoms with Gasteiger partial charge in [0.2, 0.25) is 0 Å². The smallest absolute Gasteiger partial charge is 0.0902 e.